The van der Waals surface area contributed by atoms with E-state index in [0.29, 0.717) is 0 Å². The monoisotopic (exact) mass is 1470 g/mol. The Morgan fingerprint density at radius 1 is 0.139 bits per heavy atom. The molecule has 0 fully saturated rings. The van der Waals surface area contributed by atoms with Gasteiger partial charge in [-0.2, -0.15) is 0 Å². The molecule has 23 rings (SSSR count). The summed E-state index contributed by atoms with van der Waals surface area (Å²) in [4.78, 5) is 0. The highest BCUT2D eigenvalue weighted by atomic mass is 14.4. The molecule has 4 aliphatic carbocycles. The van der Waals surface area contributed by atoms with Crippen molar-refractivity contribution in [3.05, 3.63) is 408 Å². The maximum absolute atomic E-state index is 2.51. The van der Waals surface area contributed by atoms with Crippen molar-refractivity contribution in [3.8, 4) is 122 Å². The molecule has 0 unspecified atom stereocenters. The zero-order chi connectivity index (χ0) is 76.7. The van der Waals surface area contributed by atoms with Gasteiger partial charge in [-0.15, -0.1) is 0 Å². The highest BCUT2D eigenvalue weighted by Gasteiger charge is 2.40. The Kier molecular flexibility index (Phi) is 15.7. The van der Waals surface area contributed by atoms with E-state index in [1.165, 1.54) is 232 Å². The average Bonchev–Trinajstić information content (AvgIpc) is 1.70. The summed E-state index contributed by atoms with van der Waals surface area (Å²) in [6.07, 6.45) is 0. The predicted molar refractivity (Wildman–Crippen MR) is 493 cm³/mol. The Bertz CT molecular complexity index is 7330. The fourth-order valence-electron chi connectivity index (χ4n) is 21.0. The second kappa shape index (κ2) is 25.9. The van der Waals surface area contributed by atoms with E-state index in [1.807, 2.05) is 0 Å². The molecule has 0 aliphatic heterocycles. The van der Waals surface area contributed by atoms with E-state index in [-0.39, 0.29) is 29.1 Å². The van der Waals surface area contributed by atoms with Crippen molar-refractivity contribution in [2.24, 2.45) is 0 Å². The highest BCUT2D eigenvalue weighted by Crippen LogP contribution is 2.57. The van der Waals surface area contributed by atoms with Gasteiger partial charge in [-0.1, -0.05) is 378 Å². The largest absolute Gasteiger partial charge is 0.0776 e. The molecule has 0 bridgehead atoms. The van der Waals surface area contributed by atoms with Crippen LogP contribution < -0.4 is 0 Å². The van der Waals surface area contributed by atoms with Crippen LogP contribution in [0.4, 0.5) is 0 Å². The van der Waals surface area contributed by atoms with Crippen LogP contribution in [0, 0.1) is 0 Å². The topological polar surface area (TPSA) is 0 Å². The molecule has 0 heterocycles. The summed E-state index contributed by atoms with van der Waals surface area (Å²) in [7, 11) is 0. The van der Waals surface area contributed by atoms with E-state index in [1.54, 1.807) is 0 Å². The lowest BCUT2D eigenvalue weighted by molar-refractivity contribution is 0.660. The molecule has 0 radical (unpaired) electrons. The Balaban J connectivity index is 0.000000143. The van der Waals surface area contributed by atoms with Crippen LogP contribution in [-0.4, -0.2) is 0 Å². The van der Waals surface area contributed by atoms with Gasteiger partial charge in [0.25, 0.3) is 0 Å². The third-order valence-electron chi connectivity index (χ3n) is 26.9. The molecule has 0 atom stereocenters. The van der Waals surface area contributed by atoms with E-state index in [2.05, 4.69) is 419 Å². The van der Waals surface area contributed by atoms with Gasteiger partial charge in [0.2, 0.25) is 0 Å². The zero-order valence-corrected chi connectivity index (χ0v) is 65.6. The number of fused-ring (bicyclic) bond motifs is 18. The number of hydrogen-bond acceptors (Lipinski definition) is 0. The van der Waals surface area contributed by atoms with Gasteiger partial charge in [0.05, 0.1) is 0 Å². The molecule has 0 spiro atoms. The summed E-state index contributed by atoms with van der Waals surface area (Å²) in [6.45, 7) is 19.1. The highest BCUT2D eigenvalue weighted by molar-refractivity contribution is 6.24. The summed E-state index contributed by atoms with van der Waals surface area (Å²) < 4.78 is 0. The molecule has 0 aromatic heterocycles. The molecule has 0 amide bonds. The summed E-state index contributed by atoms with van der Waals surface area (Å²) in [5.41, 5.74) is 39.3. The van der Waals surface area contributed by atoms with Crippen molar-refractivity contribution >= 4 is 64.6 Å². The van der Waals surface area contributed by atoms with Crippen molar-refractivity contribution < 1.29 is 0 Å². The molecule has 0 saturated carbocycles. The van der Waals surface area contributed by atoms with E-state index < -0.39 is 0 Å². The summed E-state index contributed by atoms with van der Waals surface area (Å²) >= 11 is 0. The Morgan fingerprint density at radius 3 is 0.722 bits per heavy atom. The van der Waals surface area contributed by atoms with Gasteiger partial charge in [-0.3, -0.25) is 0 Å². The molecule has 0 heteroatoms. The third kappa shape index (κ3) is 10.6. The Hall–Kier alpha value is -13.3. The first-order valence-corrected chi connectivity index (χ1v) is 40.6. The number of rotatable bonds is 7. The third-order valence-corrected chi connectivity index (χ3v) is 26.9. The van der Waals surface area contributed by atoms with Crippen LogP contribution in [0.15, 0.2) is 364 Å². The fraction of sp³-hybridized carbons (Fsp3) is 0.113. The van der Waals surface area contributed by atoms with Crippen LogP contribution in [0.1, 0.15) is 107 Å². The zero-order valence-electron chi connectivity index (χ0n) is 65.6. The molecule has 548 valence electrons. The Morgan fingerprint density at radius 2 is 0.357 bits per heavy atom. The van der Waals surface area contributed by atoms with Crippen molar-refractivity contribution in [1.29, 1.82) is 0 Å². The maximum atomic E-state index is 2.51. The van der Waals surface area contributed by atoms with E-state index in [9.17, 15) is 0 Å². The first-order valence-electron chi connectivity index (χ1n) is 40.6. The van der Waals surface area contributed by atoms with Gasteiger partial charge in [-0.25, -0.2) is 0 Å². The molecular weight excluding hydrogens is 1380 g/mol. The first-order chi connectivity index (χ1) is 55.5. The quantitative estimate of drug-likeness (QED) is 0.140. The average molecular weight is 1470 g/mol. The molecule has 0 N–H and O–H groups in total. The van der Waals surface area contributed by atoms with Gasteiger partial charge in [0.1, 0.15) is 0 Å². The molecule has 0 saturated heterocycles. The molecule has 0 nitrogen and oxygen atoms in total. The van der Waals surface area contributed by atoms with Gasteiger partial charge < -0.3 is 0 Å². The minimum atomic E-state index is -0.0950. The van der Waals surface area contributed by atoms with Crippen molar-refractivity contribution in [3.63, 3.8) is 0 Å². The van der Waals surface area contributed by atoms with Gasteiger partial charge in [-0.05, 0) is 280 Å². The molecule has 19 aromatic carbocycles. The minimum Gasteiger partial charge on any atom is -0.0776 e. The maximum Gasteiger partial charge on any atom is 0.0159 e. The predicted octanol–water partition coefficient (Wildman–Crippen LogP) is 31.8. The van der Waals surface area contributed by atoms with Crippen LogP contribution in [-0.2, 0) is 21.7 Å². The second-order valence-corrected chi connectivity index (χ2v) is 34.5. The normalized spacial score (nSPS) is 14.3. The lowest BCUT2D eigenvalue weighted by atomic mass is 9.79. The van der Waals surface area contributed by atoms with Crippen molar-refractivity contribution in [2.45, 2.75) is 84.5 Å². The lowest BCUT2D eigenvalue weighted by Crippen LogP contribution is -2.15. The molecule has 115 heavy (non-hydrogen) atoms. The first kappa shape index (κ1) is 69.7. The Labute approximate surface area is 675 Å². The summed E-state index contributed by atoms with van der Waals surface area (Å²) in [5.74, 6) is 0. The number of benzene rings is 19. The summed E-state index contributed by atoms with van der Waals surface area (Å²) in [6, 6.07) is 137. The SMILES string of the molecule is C.CC1(C)c2ccccc2-c2ccc(-c3c4ccccc4c(-c4ccc(-c5ccc6ccccc6c5)cc4)c4cc(-c5ccc6ccccc6c5)ccc34)cc21.CC1(C)c2ccccc2-c2ccc(-c3ccc4c(-c5ccc6c(c5)C(C)(C)c5ccccc5-6)c5ccccc5c(-c5ccc6c(c5)C(C)(C)c5ccccc5-6)c4c3)cc21. The van der Waals surface area contributed by atoms with Gasteiger partial charge in [0, 0.05) is 21.7 Å². The molecular formula is C115H88. The molecule has 19 aromatic rings. The van der Waals surface area contributed by atoms with Crippen molar-refractivity contribution in [2.75, 3.05) is 0 Å². The fourth-order valence-corrected chi connectivity index (χ4v) is 21.0. The van der Waals surface area contributed by atoms with Crippen LogP contribution in [0.25, 0.3) is 187 Å². The van der Waals surface area contributed by atoms with Crippen molar-refractivity contribution in [1.82, 2.24) is 0 Å². The lowest BCUT2D eigenvalue weighted by Gasteiger charge is -2.24. The second-order valence-electron chi connectivity index (χ2n) is 34.5. The van der Waals surface area contributed by atoms with E-state index in [0.717, 1.165) is 0 Å². The van der Waals surface area contributed by atoms with E-state index in [4.69, 9.17) is 0 Å². The summed E-state index contributed by atoms with van der Waals surface area (Å²) in [5, 5.41) is 15.3. The van der Waals surface area contributed by atoms with Crippen LogP contribution in [0.3, 0.4) is 0 Å². The number of hydrogen-bond donors (Lipinski definition) is 0. The minimum absolute atomic E-state index is 0. The van der Waals surface area contributed by atoms with E-state index >= 15 is 0 Å². The van der Waals surface area contributed by atoms with Crippen LogP contribution in [0.5, 0.6) is 0 Å². The standard InChI is InChI=1S/C59H46.C55H38.CH4/c1-57(2)49-20-12-9-15-39(49)42-27-23-36(32-52(42)57)35-24-30-47-48(31-35)56(38-26-29-44-41-17-11-14-22-51(41)59(5,6)54(44)34-38)46-19-8-7-18-45(46)55(47)37-25-28-43-40-16-10-13-21-50(40)58(3,4)53(43)33-37;1-55(2)51-18-10-9-15-45(51)46-29-28-44(34-52(46)55)54-48-17-8-7-16-47(48)53(38-23-19-37(20-24-38)41-25-21-35-11-3-5-13-39(35)31-41)50-33-43(27-30-49(50)54)42-26-22-36-12-4-6-14-40(36)32-42;/h7-34H,1-6H3;3-34H,1-2H3;1H4. The van der Waals surface area contributed by atoms with Gasteiger partial charge in [0.15, 0.2) is 0 Å². The van der Waals surface area contributed by atoms with Gasteiger partial charge >= 0.3 is 0 Å². The van der Waals surface area contributed by atoms with Crippen LogP contribution >= 0.6 is 0 Å². The smallest absolute Gasteiger partial charge is 0.0159 e. The van der Waals surface area contributed by atoms with Crippen LogP contribution in [0.2, 0.25) is 0 Å². The molecule has 4 aliphatic rings.